The molecule has 3 aromatic rings. The summed E-state index contributed by atoms with van der Waals surface area (Å²) in [5.41, 5.74) is 5.03. The zero-order valence-electron chi connectivity index (χ0n) is 17.9. The number of hydrogen-bond acceptors (Lipinski definition) is 4. The molecule has 2 aliphatic heterocycles. The molecule has 6 heteroatoms. The first-order chi connectivity index (χ1) is 15.2. The molecule has 3 heterocycles. The predicted octanol–water partition coefficient (Wildman–Crippen LogP) is 4.31. The van der Waals surface area contributed by atoms with E-state index in [-0.39, 0.29) is 12.5 Å². The maximum atomic E-state index is 12.7. The number of nitrogens with zero attached hydrogens (tertiary/aromatic N) is 3. The standard InChI is InChI=1S/C25H28N4O2/c1-18-10-12-28(13-11-18)15-19-6-8-21(9-7-19)27-24(30)16-29-25-20(14-26-29)17-31-23-5-3-2-4-22(23)25/h2-9,14,18H,10-13,15-17H2,1H3,(H,27,30). The van der Waals surface area contributed by atoms with E-state index >= 15 is 0 Å². The lowest BCUT2D eigenvalue weighted by molar-refractivity contribution is -0.116. The van der Waals surface area contributed by atoms with Crippen molar-refractivity contribution in [3.63, 3.8) is 0 Å². The lowest BCUT2D eigenvalue weighted by Crippen LogP contribution is -2.32. The van der Waals surface area contributed by atoms with Crippen molar-refractivity contribution in [3.8, 4) is 17.0 Å². The fourth-order valence-corrected chi connectivity index (χ4v) is 4.41. The SMILES string of the molecule is CC1CCN(Cc2ccc(NC(=O)Cn3ncc4c3-c3ccccc3OC4)cc2)CC1. The van der Waals surface area contributed by atoms with Gasteiger partial charge in [-0.3, -0.25) is 14.4 Å². The molecule has 1 N–H and O–H groups in total. The second-order valence-electron chi connectivity index (χ2n) is 8.66. The Labute approximate surface area is 182 Å². The van der Waals surface area contributed by atoms with Gasteiger partial charge in [0.25, 0.3) is 0 Å². The Morgan fingerprint density at radius 1 is 1.13 bits per heavy atom. The molecule has 1 amide bonds. The van der Waals surface area contributed by atoms with E-state index in [1.54, 1.807) is 10.9 Å². The Morgan fingerprint density at radius 2 is 1.90 bits per heavy atom. The number of nitrogens with one attached hydrogen (secondary N) is 1. The summed E-state index contributed by atoms with van der Waals surface area (Å²) in [6.07, 6.45) is 4.35. The molecule has 160 valence electrons. The monoisotopic (exact) mass is 416 g/mol. The van der Waals surface area contributed by atoms with E-state index in [1.165, 1.54) is 31.5 Å². The second kappa shape index (κ2) is 8.55. The predicted molar refractivity (Wildman–Crippen MR) is 121 cm³/mol. The average Bonchev–Trinajstić information content (AvgIpc) is 3.20. The van der Waals surface area contributed by atoms with Crippen LogP contribution in [0, 0.1) is 5.92 Å². The van der Waals surface area contributed by atoms with Crippen molar-refractivity contribution in [2.75, 3.05) is 18.4 Å². The quantitative estimate of drug-likeness (QED) is 0.673. The number of benzene rings is 2. The minimum atomic E-state index is -0.0901. The number of carbonyl (C=O) groups excluding carboxylic acids is 1. The Morgan fingerprint density at radius 3 is 2.71 bits per heavy atom. The number of ether oxygens (including phenoxy) is 1. The average molecular weight is 417 g/mol. The zero-order chi connectivity index (χ0) is 21.2. The molecule has 6 nitrogen and oxygen atoms in total. The number of para-hydroxylation sites is 1. The van der Waals surface area contributed by atoms with Gasteiger partial charge in [0.05, 0.1) is 11.9 Å². The van der Waals surface area contributed by atoms with Crippen molar-refractivity contribution in [1.82, 2.24) is 14.7 Å². The zero-order valence-corrected chi connectivity index (χ0v) is 17.9. The molecule has 2 aliphatic rings. The first kappa shape index (κ1) is 19.8. The smallest absolute Gasteiger partial charge is 0.246 e. The second-order valence-corrected chi connectivity index (χ2v) is 8.66. The third kappa shape index (κ3) is 4.35. The van der Waals surface area contributed by atoms with Crippen LogP contribution in [0.25, 0.3) is 11.3 Å². The van der Waals surface area contributed by atoms with E-state index in [4.69, 9.17) is 4.74 Å². The molecule has 0 radical (unpaired) electrons. The van der Waals surface area contributed by atoms with E-state index < -0.39 is 0 Å². The summed E-state index contributed by atoms with van der Waals surface area (Å²) < 4.78 is 7.54. The number of fused-ring (bicyclic) bond motifs is 3. The Hall–Kier alpha value is -3.12. The molecule has 0 bridgehead atoms. The first-order valence-corrected chi connectivity index (χ1v) is 11.0. The Kier molecular flexibility index (Phi) is 5.47. The van der Waals surface area contributed by atoms with E-state index in [1.807, 2.05) is 36.4 Å². The van der Waals surface area contributed by atoms with E-state index in [2.05, 4.69) is 34.4 Å². The number of rotatable bonds is 5. The van der Waals surface area contributed by atoms with Crippen molar-refractivity contribution in [3.05, 3.63) is 65.9 Å². The molecule has 0 spiro atoms. The van der Waals surface area contributed by atoms with Gasteiger partial charge in [0.15, 0.2) is 0 Å². The van der Waals surface area contributed by atoms with Gasteiger partial charge in [0.1, 0.15) is 18.9 Å². The molecule has 1 saturated heterocycles. The molecule has 1 fully saturated rings. The van der Waals surface area contributed by atoms with E-state index in [9.17, 15) is 4.79 Å². The highest BCUT2D eigenvalue weighted by Gasteiger charge is 2.23. The normalized spacial score (nSPS) is 16.3. The molecule has 31 heavy (non-hydrogen) atoms. The fraction of sp³-hybridized carbons (Fsp3) is 0.360. The number of likely N-dealkylation sites (tertiary alicyclic amines) is 1. The van der Waals surface area contributed by atoms with Gasteiger partial charge in [-0.2, -0.15) is 5.10 Å². The molecular formula is C25H28N4O2. The van der Waals surface area contributed by atoms with Gasteiger partial charge in [0, 0.05) is 23.4 Å². The maximum absolute atomic E-state index is 12.7. The van der Waals surface area contributed by atoms with Gasteiger partial charge in [0.2, 0.25) is 5.91 Å². The molecule has 0 unspecified atom stereocenters. The third-order valence-corrected chi connectivity index (χ3v) is 6.25. The summed E-state index contributed by atoms with van der Waals surface area (Å²) in [4.78, 5) is 15.2. The largest absolute Gasteiger partial charge is 0.488 e. The minimum Gasteiger partial charge on any atom is -0.488 e. The van der Waals surface area contributed by atoms with Crippen molar-refractivity contribution in [1.29, 1.82) is 0 Å². The van der Waals surface area contributed by atoms with Crippen LogP contribution in [0.4, 0.5) is 5.69 Å². The minimum absolute atomic E-state index is 0.0901. The Bertz CT molecular complexity index is 1070. The number of anilines is 1. The van der Waals surface area contributed by atoms with Crippen LogP contribution in [0.15, 0.2) is 54.7 Å². The molecule has 0 aliphatic carbocycles. The van der Waals surface area contributed by atoms with Crippen molar-refractivity contribution >= 4 is 11.6 Å². The van der Waals surface area contributed by atoms with E-state index in [0.29, 0.717) is 6.61 Å². The highest BCUT2D eigenvalue weighted by Crippen LogP contribution is 2.37. The van der Waals surface area contributed by atoms with Gasteiger partial charge >= 0.3 is 0 Å². The van der Waals surface area contributed by atoms with Crippen LogP contribution in [-0.2, 0) is 24.5 Å². The third-order valence-electron chi connectivity index (χ3n) is 6.25. The Balaban J connectivity index is 1.22. The van der Waals surface area contributed by atoms with Crippen LogP contribution in [0.1, 0.15) is 30.9 Å². The summed E-state index contributed by atoms with van der Waals surface area (Å²) >= 11 is 0. The molecule has 0 atom stereocenters. The van der Waals surface area contributed by atoms with Crippen molar-refractivity contribution < 1.29 is 9.53 Å². The molecule has 1 aromatic heterocycles. The van der Waals surface area contributed by atoms with Crippen LogP contribution in [-0.4, -0.2) is 33.7 Å². The van der Waals surface area contributed by atoms with E-state index in [0.717, 1.165) is 40.7 Å². The summed E-state index contributed by atoms with van der Waals surface area (Å²) in [6, 6.07) is 16.1. The van der Waals surface area contributed by atoms with Crippen LogP contribution < -0.4 is 10.1 Å². The molecular weight excluding hydrogens is 388 g/mol. The summed E-state index contributed by atoms with van der Waals surface area (Å²) in [6.45, 7) is 6.29. The fourth-order valence-electron chi connectivity index (χ4n) is 4.41. The molecule has 2 aromatic carbocycles. The van der Waals surface area contributed by atoms with Crippen LogP contribution >= 0.6 is 0 Å². The van der Waals surface area contributed by atoms with Gasteiger partial charge < -0.3 is 10.1 Å². The van der Waals surface area contributed by atoms with Gasteiger partial charge in [-0.05, 0) is 61.7 Å². The van der Waals surface area contributed by atoms with Gasteiger partial charge in [-0.1, -0.05) is 31.2 Å². The van der Waals surface area contributed by atoms with Crippen LogP contribution in [0.5, 0.6) is 5.75 Å². The molecule has 0 saturated carbocycles. The summed E-state index contributed by atoms with van der Waals surface area (Å²) in [5.74, 6) is 1.58. The van der Waals surface area contributed by atoms with Crippen molar-refractivity contribution in [2.45, 2.75) is 39.5 Å². The lowest BCUT2D eigenvalue weighted by Gasteiger charge is -2.30. The number of hydrogen-bond donors (Lipinski definition) is 1. The first-order valence-electron chi connectivity index (χ1n) is 11.0. The number of aromatic nitrogens is 2. The van der Waals surface area contributed by atoms with Gasteiger partial charge in [-0.15, -0.1) is 0 Å². The van der Waals surface area contributed by atoms with Crippen LogP contribution in [0.3, 0.4) is 0 Å². The van der Waals surface area contributed by atoms with Gasteiger partial charge in [-0.25, -0.2) is 0 Å². The summed E-state index contributed by atoms with van der Waals surface area (Å²) in [5, 5.41) is 7.44. The highest BCUT2D eigenvalue weighted by molar-refractivity contribution is 5.91. The molecule has 5 rings (SSSR count). The number of piperidine rings is 1. The number of amides is 1. The van der Waals surface area contributed by atoms with Crippen LogP contribution in [0.2, 0.25) is 0 Å². The lowest BCUT2D eigenvalue weighted by atomic mass is 9.99. The number of carbonyl (C=O) groups is 1. The van der Waals surface area contributed by atoms with Crippen molar-refractivity contribution in [2.24, 2.45) is 5.92 Å². The maximum Gasteiger partial charge on any atom is 0.246 e. The topological polar surface area (TPSA) is 59.4 Å². The summed E-state index contributed by atoms with van der Waals surface area (Å²) in [7, 11) is 0. The highest BCUT2D eigenvalue weighted by atomic mass is 16.5.